The van der Waals surface area contributed by atoms with Crippen LogP contribution < -0.4 is 4.74 Å². The summed E-state index contributed by atoms with van der Waals surface area (Å²) in [7, 11) is 1.62. The minimum Gasteiger partial charge on any atom is -0.496 e. The van der Waals surface area contributed by atoms with Gasteiger partial charge in [0.2, 0.25) is 17.6 Å². The molecular weight excluding hydrogens is 318 g/mol. The van der Waals surface area contributed by atoms with E-state index in [0.29, 0.717) is 37.1 Å². The van der Waals surface area contributed by atoms with Crippen LogP contribution in [-0.2, 0) is 4.79 Å². The van der Waals surface area contributed by atoms with Crippen molar-refractivity contribution in [1.82, 2.24) is 15.0 Å². The summed E-state index contributed by atoms with van der Waals surface area (Å²) in [6.45, 7) is 1.36. The topological polar surface area (TPSA) is 68.5 Å². The maximum Gasteiger partial charge on any atom is 0.233 e. The number of hydrogen-bond acceptors (Lipinski definition) is 5. The normalized spacial score (nSPS) is 18.4. The SMILES string of the molecule is COc1ccccc1-c1noc(C2CN(C(=O)CC3CCCC3)C2)n1. The Hall–Kier alpha value is -2.37. The summed E-state index contributed by atoms with van der Waals surface area (Å²) in [5, 5.41) is 4.08. The Bertz CT molecular complexity index is 746. The molecule has 1 aromatic carbocycles. The second kappa shape index (κ2) is 6.86. The number of nitrogens with zero attached hydrogens (tertiary/aromatic N) is 3. The van der Waals surface area contributed by atoms with Crippen LogP contribution >= 0.6 is 0 Å². The molecule has 1 aromatic heterocycles. The lowest BCUT2D eigenvalue weighted by molar-refractivity contribution is -0.137. The van der Waals surface area contributed by atoms with Gasteiger partial charge < -0.3 is 14.2 Å². The van der Waals surface area contributed by atoms with E-state index in [-0.39, 0.29) is 11.8 Å². The average molecular weight is 341 g/mol. The van der Waals surface area contributed by atoms with Crippen LogP contribution in [0.5, 0.6) is 5.75 Å². The van der Waals surface area contributed by atoms with E-state index in [4.69, 9.17) is 9.26 Å². The number of likely N-dealkylation sites (tertiary alicyclic amines) is 1. The number of para-hydroxylation sites is 1. The van der Waals surface area contributed by atoms with E-state index in [1.54, 1.807) is 7.11 Å². The zero-order valence-corrected chi connectivity index (χ0v) is 14.5. The number of benzene rings is 1. The Kier molecular flexibility index (Phi) is 4.42. The van der Waals surface area contributed by atoms with Gasteiger partial charge in [-0.3, -0.25) is 4.79 Å². The number of amides is 1. The number of carbonyl (C=O) groups excluding carboxylic acids is 1. The highest BCUT2D eigenvalue weighted by Gasteiger charge is 2.36. The largest absolute Gasteiger partial charge is 0.496 e. The smallest absolute Gasteiger partial charge is 0.233 e. The van der Waals surface area contributed by atoms with Gasteiger partial charge in [0.05, 0.1) is 18.6 Å². The monoisotopic (exact) mass is 341 g/mol. The third-order valence-electron chi connectivity index (χ3n) is 5.31. The highest BCUT2D eigenvalue weighted by molar-refractivity contribution is 5.77. The number of aromatic nitrogens is 2. The van der Waals surface area contributed by atoms with Gasteiger partial charge in [-0.05, 0) is 30.9 Å². The molecule has 132 valence electrons. The Labute approximate surface area is 147 Å². The first kappa shape index (κ1) is 16.1. The van der Waals surface area contributed by atoms with E-state index in [0.717, 1.165) is 11.3 Å². The van der Waals surface area contributed by atoms with Crippen LogP contribution in [0.25, 0.3) is 11.4 Å². The summed E-state index contributed by atoms with van der Waals surface area (Å²) in [5.74, 6) is 2.86. The van der Waals surface area contributed by atoms with Crippen LogP contribution in [0.3, 0.4) is 0 Å². The van der Waals surface area contributed by atoms with Crippen LogP contribution in [0.15, 0.2) is 28.8 Å². The molecule has 1 amide bonds. The Balaban J connectivity index is 1.37. The number of ether oxygens (including phenoxy) is 1. The molecule has 2 aliphatic rings. The molecule has 0 spiro atoms. The summed E-state index contributed by atoms with van der Waals surface area (Å²) in [5.41, 5.74) is 0.813. The number of carbonyl (C=O) groups is 1. The van der Waals surface area contributed by atoms with Gasteiger partial charge in [0.15, 0.2) is 0 Å². The fourth-order valence-corrected chi connectivity index (χ4v) is 3.77. The minimum absolute atomic E-state index is 0.142. The third kappa shape index (κ3) is 3.25. The third-order valence-corrected chi connectivity index (χ3v) is 5.31. The average Bonchev–Trinajstić information content (AvgIpc) is 3.25. The van der Waals surface area contributed by atoms with Crippen LogP contribution in [0.2, 0.25) is 0 Å². The maximum atomic E-state index is 12.3. The van der Waals surface area contributed by atoms with Crippen molar-refractivity contribution < 1.29 is 14.1 Å². The summed E-state index contributed by atoms with van der Waals surface area (Å²) in [6, 6.07) is 7.60. The van der Waals surface area contributed by atoms with Crippen molar-refractivity contribution in [2.24, 2.45) is 5.92 Å². The molecule has 1 aliphatic carbocycles. The van der Waals surface area contributed by atoms with Crippen LogP contribution in [0.1, 0.15) is 43.9 Å². The van der Waals surface area contributed by atoms with Gasteiger partial charge >= 0.3 is 0 Å². The van der Waals surface area contributed by atoms with Crippen molar-refractivity contribution in [1.29, 1.82) is 0 Å². The van der Waals surface area contributed by atoms with Gasteiger partial charge in [-0.25, -0.2) is 0 Å². The summed E-state index contributed by atoms with van der Waals surface area (Å²) in [6.07, 6.45) is 5.65. The minimum atomic E-state index is 0.142. The predicted molar refractivity (Wildman–Crippen MR) is 92.2 cm³/mol. The molecule has 2 aromatic rings. The molecule has 0 N–H and O–H groups in total. The lowest BCUT2D eigenvalue weighted by Crippen LogP contribution is -2.48. The summed E-state index contributed by atoms with van der Waals surface area (Å²) >= 11 is 0. The lowest BCUT2D eigenvalue weighted by atomic mass is 9.97. The first-order valence-electron chi connectivity index (χ1n) is 8.99. The highest BCUT2D eigenvalue weighted by Crippen LogP contribution is 2.33. The van der Waals surface area contributed by atoms with Gasteiger partial charge in [-0.1, -0.05) is 30.1 Å². The van der Waals surface area contributed by atoms with Gasteiger partial charge in [0, 0.05) is 19.5 Å². The fraction of sp³-hybridized carbons (Fsp3) is 0.526. The van der Waals surface area contributed by atoms with E-state index in [9.17, 15) is 4.79 Å². The van der Waals surface area contributed by atoms with E-state index >= 15 is 0 Å². The molecule has 0 bridgehead atoms. The first-order chi connectivity index (χ1) is 12.2. The Morgan fingerprint density at radius 1 is 1.28 bits per heavy atom. The van der Waals surface area contributed by atoms with Crippen molar-refractivity contribution in [3.05, 3.63) is 30.2 Å². The predicted octanol–water partition coefficient (Wildman–Crippen LogP) is 3.25. The van der Waals surface area contributed by atoms with Crippen molar-refractivity contribution in [3.8, 4) is 17.1 Å². The van der Waals surface area contributed by atoms with E-state index < -0.39 is 0 Å². The van der Waals surface area contributed by atoms with Crippen molar-refractivity contribution in [2.75, 3.05) is 20.2 Å². The molecule has 6 heteroatoms. The molecule has 2 fully saturated rings. The molecule has 25 heavy (non-hydrogen) atoms. The van der Waals surface area contributed by atoms with Gasteiger partial charge in [-0.15, -0.1) is 0 Å². The van der Waals surface area contributed by atoms with Gasteiger partial charge in [0.25, 0.3) is 0 Å². The number of hydrogen-bond donors (Lipinski definition) is 0. The maximum absolute atomic E-state index is 12.3. The molecule has 2 heterocycles. The molecule has 1 saturated heterocycles. The van der Waals surface area contributed by atoms with Gasteiger partial charge in [0.1, 0.15) is 5.75 Å². The summed E-state index contributed by atoms with van der Waals surface area (Å²) < 4.78 is 10.8. The highest BCUT2D eigenvalue weighted by atomic mass is 16.5. The Morgan fingerprint density at radius 3 is 2.80 bits per heavy atom. The van der Waals surface area contributed by atoms with Crippen molar-refractivity contribution in [3.63, 3.8) is 0 Å². The Morgan fingerprint density at radius 2 is 2.04 bits per heavy atom. The molecule has 0 radical (unpaired) electrons. The van der Waals surface area contributed by atoms with Crippen LogP contribution in [-0.4, -0.2) is 41.1 Å². The van der Waals surface area contributed by atoms with Crippen LogP contribution in [0.4, 0.5) is 0 Å². The zero-order valence-electron chi connectivity index (χ0n) is 14.5. The fourth-order valence-electron chi connectivity index (χ4n) is 3.77. The molecular formula is C19H23N3O3. The zero-order chi connectivity index (χ0) is 17.2. The molecule has 4 rings (SSSR count). The van der Waals surface area contributed by atoms with E-state index in [1.165, 1.54) is 25.7 Å². The molecule has 1 aliphatic heterocycles. The number of rotatable bonds is 5. The van der Waals surface area contributed by atoms with Crippen LogP contribution in [0, 0.1) is 5.92 Å². The first-order valence-corrected chi connectivity index (χ1v) is 8.99. The van der Waals surface area contributed by atoms with E-state index in [1.807, 2.05) is 29.2 Å². The lowest BCUT2D eigenvalue weighted by Gasteiger charge is -2.37. The van der Waals surface area contributed by atoms with E-state index in [2.05, 4.69) is 10.1 Å². The molecule has 6 nitrogen and oxygen atoms in total. The molecule has 1 saturated carbocycles. The van der Waals surface area contributed by atoms with Crippen molar-refractivity contribution in [2.45, 2.75) is 38.0 Å². The van der Waals surface area contributed by atoms with Crippen molar-refractivity contribution >= 4 is 5.91 Å². The molecule has 0 unspecified atom stereocenters. The second-order valence-corrected chi connectivity index (χ2v) is 7.01. The second-order valence-electron chi connectivity index (χ2n) is 7.01. The quantitative estimate of drug-likeness (QED) is 0.835. The van der Waals surface area contributed by atoms with Gasteiger partial charge in [-0.2, -0.15) is 4.98 Å². The molecule has 0 atom stereocenters. The summed E-state index contributed by atoms with van der Waals surface area (Å²) in [4.78, 5) is 18.7. The number of methoxy groups -OCH3 is 1. The standard InChI is InChI=1S/C19H23N3O3/c1-24-16-9-5-4-8-15(16)18-20-19(25-21-18)14-11-22(12-14)17(23)10-13-6-2-3-7-13/h4-5,8-9,13-14H,2-3,6-7,10-12H2,1H3.